The molecule has 0 saturated heterocycles. The highest BCUT2D eigenvalue weighted by Crippen LogP contribution is 2.13. The van der Waals surface area contributed by atoms with E-state index in [0.29, 0.717) is 11.8 Å². The van der Waals surface area contributed by atoms with Crippen LogP contribution in [0.3, 0.4) is 0 Å². The van der Waals surface area contributed by atoms with Crippen molar-refractivity contribution in [2.75, 3.05) is 13.1 Å². The molecule has 13 heavy (non-hydrogen) atoms. The van der Waals surface area contributed by atoms with Crippen LogP contribution < -0.4 is 0 Å². The van der Waals surface area contributed by atoms with Crippen LogP contribution in [0.15, 0.2) is 0 Å². The molecule has 1 amide bonds. The molecule has 0 aromatic rings. The van der Waals surface area contributed by atoms with Crippen LogP contribution in [-0.4, -0.2) is 23.9 Å². The molecule has 0 aliphatic rings. The van der Waals surface area contributed by atoms with Gasteiger partial charge in [-0.2, -0.15) is 0 Å². The van der Waals surface area contributed by atoms with E-state index < -0.39 is 0 Å². The Morgan fingerprint density at radius 3 is 1.85 bits per heavy atom. The second kappa shape index (κ2) is 6.93. The molecular weight excluding hydrogens is 162 g/mol. The van der Waals surface area contributed by atoms with Gasteiger partial charge in [0.05, 0.1) is 0 Å². The van der Waals surface area contributed by atoms with Gasteiger partial charge in [-0.05, 0) is 19.8 Å². The minimum absolute atomic E-state index is 0.318. The highest BCUT2D eigenvalue weighted by atomic mass is 16.2. The van der Waals surface area contributed by atoms with Crippen molar-refractivity contribution in [1.82, 2.24) is 4.90 Å². The maximum absolute atomic E-state index is 11.7. The largest absolute Gasteiger partial charge is 0.343 e. The van der Waals surface area contributed by atoms with Crippen LogP contribution in [0.2, 0.25) is 0 Å². The summed E-state index contributed by atoms with van der Waals surface area (Å²) in [6.45, 7) is 10.1. The molecule has 2 heteroatoms. The van der Waals surface area contributed by atoms with Crippen molar-refractivity contribution in [3.63, 3.8) is 0 Å². The second-order valence-corrected chi connectivity index (χ2v) is 3.45. The van der Waals surface area contributed by atoms with Gasteiger partial charge in [0.1, 0.15) is 0 Å². The lowest BCUT2D eigenvalue weighted by molar-refractivity contribution is -0.131. The minimum Gasteiger partial charge on any atom is -0.343 e. The quantitative estimate of drug-likeness (QED) is 0.623. The van der Waals surface area contributed by atoms with E-state index in [1.165, 1.54) is 0 Å². The summed E-state index contributed by atoms with van der Waals surface area (Å²) in [5.74, 6) is 0.895. The molecule has 78 valence electrons. The van der Waals surface area contributed by atoms with Gasteiger partial charge in [0.15, 0.2) is 0 Å². The lowest BCUT2D eigenvalue weighted by Gasteiger charge is -2.21. The first-order valence-corrected chi connectivity index (χ1v) is 5.47. The summed E-state index contributed by atoms with van der Waals surface area (Å²) >= 11 is 0. The van der Waals surface area contributed by atoms with E-state index in [1.54, 1.807) is 0 Å². The van der Waals surface area contributed by atoms with Crippen LogP contribution >= 0.6 is 0 Å². The SMILES string of the molecule is CCC(CC)CC(=O)N(CC)CC. The number of carbonyl (C=O) groups is 1. The average Bonchev–Trinajstić information content (AvgIpc) is 2.16. The predicted molar refractivity (Wildman–Crippen MR) is 56.6 cm³/mol. The second-order valence-electron chi connectivity index (χ2n) is 3.45. The monoisotopic (exact) mass is 185 g/mol. The zero-order chi connectivity index (χ0) is 10.3. The topological polar surface area (TPSA) is 20.3 Å². The lowest BCUT2D eigenvalue weighted by atomic mass is 9.99. The summed E-state index contributed by atoms with van der Waals surface area (Å²) in [5, 5.41) is 0. The normalized spacial score (nSPS) is 10.5. The Hall–Kier alpha value is -0.530. The van der Waals surface area contributed by atoms with Gasteiger partial charge in [-0.3, -0.25) is 4.79 Å². The highest BCUT2D eigenvalue weighted by molar-refractivity contribution is 5.76. The van der Waals surface area contributed by atoms with Crippen LogP contribution in [0.25, 0.3) is 0 Å². The summed E-state index contributed by atoms with van der Waals surface area (Å²) in [6.07, 6.45) is 2.96. The number of rotatable bonds is 6. The van der Waals surface area contributed by atoms with Crippen molar-refractivity contribution in [2.24, 2.45) is 5.92 Å². The number of carbonyl (C=O) groups excluding carboxylic acids is 1. The molecule has 0 bridgehead atoms. The zero-order valence-electron chi connectivity index (χ0n) is 9.47. The van der Waals surface area contributed by atoms with E-state index in [2.05, 4.69) is 13.8 Å². The first-order valence-electron chi connectivity index (χ1n) is 5.47. The van der Waals surface area contributed by atoms with E-state index in [-0.39, 0.29) is 0 Å². The number of nitrogens with zero attached hydrogens (tertiary/aromatic N) is 1. The van der Waals surface area contributed by atoms with Gasteiger partial charge < -0.3 is 4.90 Å². The highest BCUT2D eigenvalue weighted by Gasteiger charge is 2.14. The molecule has 0 aliphatic carbocycles. The van der Waals surface area contributed by atoms with Gasteiger partial charge in [-0.15, -0.1) is 0 Å². The summed E-state index contributed by atoms with van der Waals surface area (Å²) in [4.78, 5) is 13.6. The van der Waals surface area contributed by atoms with Crippen molar-refractivity contribution in [2.45, 2.75) is 47.0 Å². The van der Waals surface area contributed by atoms with Crippen LogP contribution in [-0.2, 0) is 4.79 Å². The molecule has 0 aliphatic heterocycles. The van der Waals surface area contributed by atoms with Crippen LogP contribution in [0.1, 0.15) is 47.0 Å². The zero-order valence-corrected chi connectivity index (χ0v) is 9.47. The Bertz CT molecular complexity index is 137. The molecule has 0 saturated carbocycles. The molecule has 0 N–H and O–H groups in total. The molecule has 0 rings (SSSR count). The van der Waals surface area contributed by atoms with Gasteiger partial charge in [0, 0.05) is 19.5 Å². The first-order chi connectivity index (χ1) is 6.19. The molecule has 0 unspecified atom stereocenters. The van der Waals surface area contributed by atoms with Crippen molar-refractivity contribution in [3.8, 4) is 0 Å². The van der Waals surface area contributed by atoms with E-state index in [9.17, 15) is 4.79 Å². The third-order valence-electron chi connectivity index (χ3n) is 2.73. The van der Waals surface area contributed by atoms with Crippen molar-refractivity contribution in [1.29, 1.82) is 0 Å². The van der Waals surface area contributed by atoms with Crippen molar-refractivity contribution in [3.05, 3.63) is 0 Å². The molecule has 0 heterocycles. The third kappa shape index (κ3) is 4.30. The fraction of sp³-hybridized carbons (Fsp3) is 0.909. The average molecular weight is 185 g/mol. The van der Waals surface area contributed by atoms with Gasteiger partial charge in [0.2, 0.25) is 5.91 Å². The summed E-state index contributed by atoms with van der Waals surface area (Å²) in [7, 11) is 0. The molecule has 0 aromatic heterocycles. The van der Waals surface area contributed by atoms with Crippen molar-refractivity contribution < 1.29 is 4.79 Å². The Labute approximate surface area is 82.3 Å². The van der Waals surface area contributed by atoms with Crippen LogP contribution in [0.5, 0.6) is 0 Å². The number of amides is 1. The molecule has 0 fully saturated rings. The Kier molecular flexibility index (Phi) is 6.65. The van der Waals surface area contributed by atoms with Gasteiger partial charge in [0.25, 0.3) is 0 Å². The standard InChI is InChI=1S/C11H23NO/c1-5-10(6-2)9-11(13)12(7-3)8-4/h10H,5-9H2,1-4H3. The smallest absolute Gasteiger partial charge is 0.222 e. The Balaban J connectivity index is 3.95. The maximum Gasteiger partial charge on any atom is 0.222 e. The maximum atomic E-state index is 11.7. The van der Waals surface area contributed by atoms with Gasteiger partial charge >= 0.3 is 0 Å². The Morgan fingerprint density at radius 1 is 1.08 bits per heavy atom. The molecule has 0 spiro atoms. The lowest BCUT2D eigenvalue weighted by Crippen LogP contribution is -2.31. The van der Waals surface area contributed by atoms with E-state index in [4.69, 9.17) is 0 Å². The summed E-state index contributed by atoms with van der Waals surface area (Å²) in [5.41, 5.74) is 0. The fourth-order valence-electron chi connectivity index (χ4n) is 1.53. The van der Waals surface area contributed by atoms with E-state index >= 15 is 0 Å². The van der Waals surface area contributed by atoms with E-state index in [1.807, 2.05) is 18.7 Å². The summed E-state index contributed by atoms with van der Waals surface area (Å²) in [6, 6.07) is 0. The predicted octanol–water partition coefficient (Wildman–Crippen LogP) is 2.68. The molecular formula is C11H23NO. The van der Waals surface area contributed by atoms with E-state index in [0.717, 1.165) is 32.4 Å². The van der Waals surface area contributed by atoms with Crippen molar-refractivity contribution >= 4 is 5.91 Å². The molecule has 0 atom stereocenters. The third-order valence-corrected chi connectivity index (χ3v) is 2.73. The fourth-order valence-corrected chi connectivity index (χ4v) is 1.53. The Morgan fingerprint density at radius 2 is 1.54 bits per heavy atom. The first kappa shape index (κ1) is 12.5. The van der Waals surface area contributed by atoms with Crippen LogP contribution in [0, 0.1) is 5.92 Å². The summed E-state index contributed by atoms with van der Waals surface area (Å²) < 4.78 is 0. The molecule has 0 aromatic carbocycles. The number of hydrogen-bond donors (Lipinski definition) is 0. The molecule has 0 radical (unpaired) electrons. The number of hydrogen-bond acceptors (Lipinski definition) is 1. The van der Waals surface area contributed by atoms with Crippen LogP contribution in [0.4, 0.5) is 0 Å². The molecule has 2 nitrogen and oxygen atoms in total. The van der Waals surface area contributed by atoms with Gasteiger partial charge in [-0.1, -0.05) is 26.7 Å². The minimum atomic E-state index is 0.318. The van der Waals surface area contributed by atoms with Gasteiger partial charge in [-0.25, -0.2) is 0 Å².